The monoisotopic (exact) mass is 291 g/mol. The van der Waals surface area contributed by atoms with Gasteiger partial charge in [0, 0.05) is 12.0 Å². The summed E-state index contributed by atoms with van der Waals surface area (Å²) in [6.07, 6.45) is 5.04. The van der Waals surface area contributed by atoms with Crippen LogP contribution in [0.2, 0.25) is 0 Å². The lowest BCUT2D eigenvalue weighted by molar-refractivity contribution is 0.320. The van der Waals surface area contributed by atoms with E-state index < -0.39 is 9.84 Å². The van der Waals surface area contributed by atoms with Crippen LogP contribution >= 0.6 is 0 Å². The SMILES string of the molecule is Cc1ccc2c(c1)C(CN1CCCCCC1)=CS2(=O)=O. The van der Waals surface area contributed by atoms with Gasteiger partial charge in [-0.1, -0.05) is 30.5 Å². The van der Waals surface area contributed by atoms with Crippen LogP contribution < -0.4 is 0 Å². The number of rotatable bonds is 2. The standard InChI is InChI=1S/C16H21NO2S/c1-13-6-7-16-15(10-13)14(12-20(16,18)19)11-17-8-4-2-3-5-9-17/h6-7,10,12H,2-5,8-9,11H2,1H3. The number of fused-ring (bicyclic) bond motifs is 1. The molecule has 0 aromatic heterocycles. The first-order valence-corrected chi connectivity index (χ1v) is 8.90. The molecule has 1 aromatic carbocycles. The number of aryl methyl sites for hydroxylation is 1. The topological polar surface area (TPSA) is 37.4 Å². The van der Waals surface area contributed by atoms with Crippen LogP contribution in [0.5, 0.6) is 0 Å². The van der Waals surface area contributed by atoms with E-state index in [1.165, 1.54) is 31.1 Å². The third-order valence-electron chi connectivity index (χ3n) is 4.18. The van der Waals surface area contributed by atoms with Gasteiger partial charge < -0.3 is 0 Å². The molecule has 108 valence electrons. The first-order valence-electron chi connectivity index (χ1n) is 7.35. The predicted octanol–water partition coefficient (Wildman–Crippen LogP) is 3.00. The summed E-state index contributed by atoms with van der Waals surface area (Å²) in [5, 5.41) is 1.47. The number of hydrogen-bond acceptors (Lipinski definition) is 3. The van der Waals surface area contributed by atoms with Crippen LogP contribution in [0.4, 0.5) is 0 Å². The van der Waals surface area contributed by atoms with Gasteiger partial charge in [0.25, 0.3) is 0 Å². The molecular weight excluding hydrogens is 270 g/mol. The molecule has 4 heteroatoms. The fourth-order valence-electron chi connectivity index (χ4n) is 3.11. The van der Waals surface area contributed by atoms with Crippen LogP contribution in [-0.2, 0) is 9.84 Å². The van der Waals surface area contributed by atoms with Gasteiger partial charge in [0.1, 0.15) is 0 Å². The van der Waals surface area contributed by atoms with Crippen molar-refractivity contribution in [1.29, 1.82) is 0 Å². The second-order valence-corrected chi connectivity index (χ2v) is 7.64. The summed E-state index contributed by atoms with van der Waals surface area (Å²) in [5.74, 6) is 0. The summed E-state index contributed by atoms with van der Waals surface area (Å²) >= 11 is 0. The average molecular weight is 291 g/mol. The van der Waals surface area contributed by atoms with Crippen molar-refractivity contribution in [2.24, 2.45) is 0 Å². The summed E-state index contributed by atoms with van der Waals surface area (Å²) in [6.45, 7) is 4.93. The van der Waals surface area contributed by atoms with E-state index in [1.54, 1.807) is 6.07 Å². The van der Waals surface area contributed by atoms with Gasteiger partial charge in [-0.15, -0.1) is 0 Å². The lowest BCUT2D eigenvalue weighted by Gasteiger charge is -2.20. The second kappa shape index (κ2) is 5.34. The van der Waals surface area contributed by atoms with Gasteiger partial charge in [0.2, 0.25) is 9.84 Å². The zero-order chi connectivity index (χ0) is 14.2. The molecule has 3 nitrogen and oxygen atoms in total. The molecule has 2 aliphatic heterocycles. The van der Waals surface area contributed by atoms with Crippen LogP contribution in [0.3, 0.4) is 0 Å². The molecule has 1 fully saturated rings. The van der Waals surface area contributed by atoms with E-state index >= 15 is 0 Å². The molecular formula is C16H21NO2S. The third-order valence-corrected chi connectivity index (χ3v) is 5.74. The zero-order valence-corrected chi connectivity index (χ0v) is 12.7. The zero-order valence-electron chi connectivity index (χ0n) is 11.9. The summed E-state index contributed by atoms with van der Waals surface area (Å²) in [7, 11) is -3.22. The van der Waals surface area contributed by atoms with Crippen molar-refractivity contribution in [3.8, 4) is 0 Å². The highest BCUT2D eigenvalue weighted by Gasteiger charge is 2.27. The Kier molecular flexibility index (Phi) is 3.69. The molecule has 0 atom stereocenters. The first kappa shape index (κ1) is 13.8. The minimum Gasteiger partial charge on any atom is -0.299 e. The van der Waals surface area contributed by atoms with E-state index in [0.717, 1.165) is 36.3 Å². The Morgan fingerprint density at radius 3 is 2.50 bits per heavy atom. The van der Waals surface area contributed by atoms with E-state index in [9.17, 15) is 8.42 Å². The first-order chi connectivity index (χ1) is 9.56. The number of hydrogen-bond donors (Lipinski definition) is 0. The van der Waals surface area contributed by atoms with E-state index in [-0.39, 0.29) is 0 Å². The lowest BCUT2D eigenvalue weighted by Crippen LogP contribution is -2.26. The maximum atomic E-state index is 12.2. The maximum absolute atomic E-state index is 12.2. The molecule has 1 saturated heterocycles. The number of nitrogens with zero attached hydrogens (tertiary/aromatic N) is 1. The number of benzene rings is 1. The molecule has 20 heavy (non-hydrogen) atoms. The van der Waals surface area contributed by atoms with Crippen molar-refractivity contribution in [3.05, 3.63) is 34.7 Å². The minimum atomic E-state index is -3.22. The largest absolute Gasteiger partial charge is 0.299 e. The van der Waals surface area contributed by atoms with Crippen molar-refractivity contribution in [1.82, 2.24) is 4.90 Å². The highest BCUT2D eigenvalue weighted by Crippen LogP contribution is 2.34. The smallest absolute Gasteiger partial charge is 0.200 e. The van der Waals surface area contributed by atoms with E-state index in [4.69, 9.17) is 0 Å². The molecule has 3 rings (SSSR count). The lowest BCUT2D eigenvalue weighted by atomic mass is 10.0. The van der Waals surface area contributed by atoms with Gasteiger partial charge in [-0.2, -0.15) is 0 Å². The van der Waals surface area contributed by atoms with E-state index in [1.807, 2.05) is 19.1 Å². The number of likely N-dealkylation sites (tertiary alicyclic amines) is 1. The Balaban J connectivity index is 1.89. The van der Waals surface area contributed by atoms with Crippen LogP contribution in [0, 0.1) is 6.92 Å². The highest BCUT2D eigenvalue weighted by atomic mass is 32.2. The molecule has 2 heterocycles. The molecule has 0 N–H and O–H groups in total. The molecule has 1 aromatic rings. The van der Waals surface area contributed by atoms with Crippen molar-refractivity contribution in [2.45, 2.75) is 37.5 Å². The van der Waals surface area contributed by atoms with Crippen molar-refractivity contribution in [3.63, 3.8) is 0 Å². The van der Waals surface area contributed by atoms with Gasteiger partial charge in [-0.05, 0) is 50.1 Å². The van der Waals surface area contributed by atoms with E-state index in [2.05, 4.69) is 4.90 Å². The van der Waals surface area contributed by atoms with Gasteiger partial charge in [0.05, 0.1) is 4.90 Å². The second-order valence-electron chi connectivity index (χ2n) is 5.88. The Morgan fingerprint density at radius 2 is 1.80 bits per heavy atom. The fraction of sp³-hybridized carbons (Fsp3) is 0.500. The fourth-order valence-corrected chi connectivity index (χ4v) is 4.57. The van der Waals surface area contributed by atoms with Crippen LogP contribution in [-0.4, -0.2) is 33.0 Å². The Morgan fingerprint density at radius 1 is 1.10 bits per heavy atom. The van der Waals surface area contributed by atoms with Crippen molar-refractivity contribution >= 4 is 15.4 Å². The summed E-state index contributed by atoms with van der Waals surface area (Å²) in [6, 6.07) is 5.62. The molecule has 2 aliphatic rings. The van der Waals surface area contributed by atoms with Crippen LogP contribution in [0.15, 0.2) is 28.5 Å². The molecule has 0 unspecified atom stereocenters. The quantitative estimate of drug-likeness (QED) is 0.840. The maximum Gasteiger partial charge on any atom is 0.200 e. The van der Waals surface area contributed by atoms with Crippen molar-refractivity contribution in [2.75, 3.05) is 19.6 Å². The van der Waals surface area contributed by atoms with Gasteiger partial charge >= 0.3 is 0 Å². The van der Waals surface area contributed by atoms with Crippen LogP contribution in [0.1, 0.15) is 36.8 Å². The number of sulfone groups is 1. The van der Waals surface area contributed by atoms with Crippen molar-refractivity contribution < 1.29 is 8.42 Å². The Labute approximate surface area is 121 Å². The summed E-state index contributed by atoms with van der Waals surface area (Å²) < 4.78 is 24.4. The van der Waals surface area contributed by atoms with E-state index in [0.29, 0.717) is 4.90 Å². The molecule has 0 bridgehead atoms. The Hall–Kier alpha value is -1.13. The summed E-state index contributed by atoms with van der Waals surface area (Å²) in [4.78, 5) is 2.87. The normalized spacial score (nSPS) is 22.1. The van der Waals surface area contributed by atoms with Gasteiger partial charge in [-0.25, -0.2) is 8.42 Å². The summed E-state index contributed by atoms with van der Waals surface area (Å²) in [5.41, 5.74) is 2.99. The molecule has 0 saturated carbocycles. The third kappa shape index (κ3) is 2.67. The van der Waals surface area contributed by atoms with Gasteiger partial charge in [-0.3, -0.25) is 4.90 Å². The molecule has 0 spiro atoms. The average Bonchev–Trinajstić information content (AvgIpc) is 2.59. The highest BCUT2D eigenvalue weighted by molar-refractivity contribution is 7.95. The van der Waals surface area contributed by atoms with Crippen LogP contribution in [0.25, 0.3) is 5.57 Å². The molecule has 0 aliphatic carbocycles. The minimum absolute atomic E-state index is 0.480. The molecule has 0 radical (unpaired) electrons. The predicted molar refractivity (Wildman–Crippen MR) is 81.2 cm³/mol. The molecule has 0 amide bonds. The van der Waals surface area contributed by atoms with Gasteiger partial charge in [0.15, 0.2) is 0 Å². The Bertz CT molecular complexity index is 638.